The van der Waals surface area contributed by atoms with E-state index >= 15 is 0 Å². The van der Waals surface area contributed by atoms with E-state index in [0.717, 1.165) is 57.0 Å². The van der Waals surface area contributed by atoms with Gasteiger partial charge >= 0.3 is 12.1 Å². The number of hydrogen-bond donors (Lipinski definition) is 3. The SMILES string of the molecule is O=C(CNC(=O)c1cccc(C(F)(F)F)c1)NC1CN([C@H]2CC[C@@H](c3ccc(C(=O)O)cc3)CC2)C1. The minimum atomic E-state index is -4.55. The van der Waals surface area contributed by atoms with Crippen molar-refractivity contribution in [2.45, 2.75) is 49.9 Å². The number of alkyl halides is 3. The molecule has 2 fully saturated rings. The van der Waals surface area contributed by atoms with Gasteiger partial charge in [0.1, 0.15) is 0 Å². The first-order valence-corrected chi connectivity index (χ1v) is 11.9. The number of aromatic carboxylic acids is 1. The highest BCUT2D eigenvalue weighted by atomic mass is 19.4. The van der Waals surface area contributed by atoms with Gasteiger partial charge in [0.25, 0.3) is 5.91 Å². The molecule has 1 aliphatic carbocycles. The number of halogens is 3. The van der Waals surface area contributed by atoms with Crippen molar-refractivity contribution in [3.63, 3.8) is 0 Å². The number of hydrogen-bond acceptors (Lipinski definition) is 4. The van der Waals surface area contributed by atoms with Crippen LogP contribution in [0.4, 0.5) is 13.2 Å². The quantitative estimate of drug-likeness (QED) is 0.536. The van der Waals surface area contributed by atoms with Crippen LogP contribution < -0.4 is 10.6 Å². The number of benzene rings is 2. The zero-order chi connectivity index (χ0) is 25.9. The molecule has 0 radical (unpaired) electrons. The van der Waals surface area contributed by atoms with Crippen LogP contribution >= 0.6 is 0 Å². The molecule has 36 heavy (non-hydrogen) atoms. The lowest BCUT2D eigenvalue weighted by Crippen LogP contribution is -2.63. The van der Waals surface area contributed by atoms with Crippen molar-refractivity contribution < 1.29 is 32.7 Å². The minimum absolute atomic E-state index is 0.0238. The summed E-state index contributed by atoms with van der Waals surface area (Å²) in [5, 5.41) is 14.3. The Morgan fingerprint density at radius 2 is 1.61 bits per heavy atom. The average Bonchev–Trinajstić information content (AvgIpc) is 2.84. The fourth-order valence-electron chi connectivity index (χ4n) is 4.95. The van der Waals surface area contributed by atoms with Gasteiger partial charge in [-0.15, -0.1) is 0 Å². The maximum absolute atomic E-state index is 12.8. The zero-order valence-corrected chi connectivity index (χ0v) is 19.6. The van der Waals surface area contributed by atoms with E-state index in [4.69, 9.17) is 5.11 Å². The summed E-state index contributed by atoms with van der Waals surface area (Å²) in [6, 6.07) is 11.6. The molecule has 0 bridgehead atoms. The number of nitrogens with zero attached hydrogens (tertiary/aromatic N) is 1. The van der Waals surface area contributed by atoms with E-state index in [-0.39, 0.29) is 29.6 Å². The summed E-state index contributed by atoms with van der Waals surface area (Å²) in [6.07, 6.45) is -0.451. The molecule has 7 nitrogen and oxygen atoms in total. The van der Waals surface area contributed by atoms with Crippen LogP contribution in [0.5, 0.6) is 0 Å². The van der Waals surface area contributed by atoms with Gasteiger partial charge in [-0.1, -0.05) is 18.2 Å². The van der Waals surface area contributed by atoms with Crippen LogP contribution in [0.25, 0.3) is 0 Å². The molecule has 0 spiro atoms. The molecule has 3 N–H and O–H groups in total. The zero-order valence-electron chi connectivity index (χ0n) is 19.6. The Bertz CT molecular complexity index is 1110. The number of amides is 2. The number of likely N-dealkylation sites (tertiary alicyclic amines) is 1. The Balaban J connectivity index is 1.16. The molecular formula is C26H28F3N3O4. The molecule has 1 heterocycles. The largest absolute Gasteiger partial charge is 0.478 e. The first-order valence-electron chi connectivity index (χ1n) is 11.9. The summed E-state index contributed by atoms with van der Waals surface area (Å²) in [5.74, 6) is -1.63. The van der Waals surface area contributed by atoms with Crippen LogP contribution in [0.3, 0.4) is 0 Å². The molecule has 192 valence electrons. The number of carbonyl (C=O) groups excluding carboxylic acids is 2. The lowest BCUT2D eigenvalue weighted by Gasteiger charge is -2.46. The van der Waals surface area contributed by atoms with Crippen molar-refractivity contribution in [1.29, 1.82) is 0 Å². The molecule has 2 aromatic rings. The van der Waals surface area contributed by atoms with Gasteiger partial charge in [0.2, 0.25) is 5.91 Å². The van der Waals surface area contributed by atoms with Gasteiger partial charge in [0.15, 0.2) is 0 Å². The first-order chi connectivity index (χ1) is 17.1. The van der Waals surface area contributed by atoms with Crippen molar-refractivity contribution in [2.24, 2.45) is 0 Å². The van der Waals surface area contributed by atoms with E-state index in [0.29, 0.717) is 12.0 Å². The van der Waals surface area contributed by atoms with Crippen LogP contribution in [0, 0.1) is 0 Å². The Morgan fingerprint density at radius 3 is 2.22 bits per heavy atom. The second kappa shape index (κ2) is 10.7. The minimum Gasteiger partial charge on any atom is -0.478 e. The van der Waals surface area contributed by atoms with Crippen LogP contribution in [0.1, 0.15) is 63.4 Å². The highest BCUT2D eigenvalue weighted by Crippen LogP contribution is 2.36. The number of carboxylic acid groups (broad SMARTS) is 1. The predicted molar refractivity (Wildman–Crippen MR) is 126 cm³/mol. The predicted octanol–water partition coefficient (Wildman–Crippen LogP) is 3.66. The second-order valence-electron chi connectivity index (χ2n) is 9.41. The maximum Gasteiger partial charge on any atom is 0.416 e. The molecule has 10 heteroatoms. The van der Waals surface area contributed by atoms with Crippen molar-refractivity contribution in [2.75, 3.05) is 19.6 Å². The van der Waals surface area contributed by atoms with Gasteiger partial charge in [-0.3, -0.25) is 14.5 Å². The normalized spacial score (nSPS) is 20.9. The lowest BCUT2D eigenvalue weighted by molar-refractivity contribution is -0.137. The summed E-state index contributed by atoms with van der Waals surface area (Å²) >= 11 is 0. The third-order valence-electron chi connectivity index (χ3n) is 6.98. The number of carboxylic acids is 1. The van der Waals surface area contributed by atoms with Gasteiger partial charge < -0.3 is 15.7 Å². The molecule has 0 aromatic heterocycles. The number of rotatable bonds is 7. The highest BCUT2D eigenvalue weighted by Gasteiger charge is 2.35. The van der Waals surface area contributed by atoms with E-state index in [9.17, 15) is 27.6 Å². The molecule has 0 atom stereocenters. The summed E-state index contributed by atoms with van der Waals surface area (Å²) in [5.41, 5.74) is 0.385. The van der Waals surface area contributed by atoms with Crippen molar-refractivity contribution >= 4 is 17.8 Å². The Hall–Kier alpha value is -3.40. The molecule has 1 aliphatic heterocycles. The number of nitrogens with one attached hydrogen (secondary N) is 2. The maximum atomic E-state index is 12.8. The molecule has 2 aromatic carbocycles. The highest BCUT2D eigenvalue weighted by molar-refractivity contribution is 5.96. The molecule has 4 rings (SSSR count). The standard InChI is InChI=1S/C26H28F3N3O4/c27-26(28,29)20-3-1-2-19(12-20)24(34)30-13-23(33)31-21-14-32(15-21)22-10-8-17(9-11-22)16-4-6-18(7-5-16)25(35)36/h1-7,12,17,21-22H,8-11,13-15H2,(H,30,34)(H,31,33)(H,35,36)/t17-,22+. The summed E-state index contributed by atoms with van der Waals surface area (Å²) in [6.45, 7) is 1.13. The molecule has 1 saturated carbocycles. The Labute approximate surface area is 206 Å². The molecule has 2 amide bonds. The van der Waals surface area contributed by atoms with Gasteiger partial charge in [-0.25, -0.2) is 4.79 Å². The first kappa shape index (κ1) is 25.7. The fourth-order valence-corrected chi connectivity index (χ4v) is 4.95. The van der Waals surface area contributed by atoms with Crippen LogP contribution in [0.15, 0.2) is 48.5 Å². The van der Waals surface area contributed by atoms with E-state index in [1.807, 2.05) is 12.1 Å². The molecule has 2 aliphatic rings. The van der Waals surface area contributed by atoms with Crippen molar-refractivity contribution in [3.05, 3.63) is 70.8 Å². The lowest BCUT2D eigenvalue weighted by atomic mass is 9.80. The Morgan fingerprint density at radius 1 is 0.944 bits per heavy atom. The third-order valence-corrected chi connectivity index (χ3v) is 6.98. The molecule has 0 unspecified atom stereocenters. The van der Waals surface area contributed by atoms with Crippen LogP contribution in [0.2, 0.25) is 0 Å². The average molecular weight is 504 g/mol. The summed E-state index contributed by atoms with van der Waals surface area (Å²) in [7, 11) is 0. The van der Waals surface area contributed by atoms with E-state index < -0.39 is 23.6 Å². The van der Waals surface area contributed by atoms with Crippen molar-refractivity contribution in [1.82, 2.24) is 15.5 Å². The van der Waals surface area contributed by atoms with Gasteiger partial charge in [0, 0.05) is 24.7 Å². The summed E-state index contributed by atoms with van der Waals surface area (Å²) in [4.78, 5) is 37.7. The van der Waals surface area contributed by atoms with E-state index in [1.54, 1.807) is 12.1 Å². The van der Waals surface area contributed by atoms with Gasteiger partial charge in [-0.05, 0) is 67.5 Å². The van der Waals surface area contributed by atoms with Crippen molar-refractivity contribution in [3.8, 4) is 0 Å². The Kier molecular flexibility index (Phi) is 7.63. The topological polar surface area (TPSA) is 98.7 Å². The fraction of sp³-hybridized carbons (Fsp3) is 0.423. The molecular weight excluding hydrogens is 475 g/mol. The van der Waals surface area contributed by atoms with Crippen LogP contribution in [-0.2, 0) is 11.0 Å². The van der Waals surface area contributed by atoms with Gasteiger partial charge in [0.05, 0.1) is 23.7 Å². The van der Waals surface area contributed by atoms with E-state index in [2.05, 4.69) is 15.5 Å². The second-order valence-corrected chi connectivity index (χ2v) is 9.41. The monoisotopic (exact) mass is 503 g/mol. The molecule has 1 saturated heterocycles. The van der Waals surface area contributed by atoms with Crippen LogP contribution in [-0.4, -0.2) is 59.5 Å². The number of carbonyl (C=O) groups is 3. The third kappa shape index (κ3) is 6.23. The summed E-state index contributed by atoms with van der Waals surface area (Å²) < 4.78 is 38.5. The van der Waals surface area contributed by atoms with E-state index in [1.165, 1.54) is 11.6 Å². The van der Waals surface area contributed by atoms with Gasteiger partial charge in [-0.2, -0.15) is 13.2 Å². The smallest absolute Gasteiger partial charge is 0.416 e.